The van der Waals surface area contributed by atoms with Crippen LogP contribution in [0.1, 0.15) is 43.8 Å². The molecular formula is C16H19N3O4S. The van der Waals surface area contributed by atoms with E-state index in [1.54, 1.807) is 0 Å². The van der Waals surface area contributed by atoms with Crippen molar-refractivity contribution in [2.45, 2.75) is 38.4 Å². The van der Waals surface area contributed by atoms with Gasteiger partial charge >= 0.3 is 0 Å². The number of oxazole rings is 1. The molecule has 0 radical (unpaired) electrons. The number of rotatable bonds is 7. The van der Waals surface area contributed by atoms with Gasteiger partial charge in [-0.1, -0.05) is 31.1 Å². The standard InChI is InChI=1S/C16H19N3O4S/c1-11(2)16-18-15(23-19-16)10-24(20,21)9-5-8-14-17-12-6-3-4-7-13(12)22-14/h3-4,6-7,11H,5,8-10H2,1-2H3. The van der Waals surface area contributed by atoms with Gasteiger partial charge < -0.3 is 8.94 Å². The van der Waals surface area contributed by atoms with Crippen molar-refractivity contribution in [3.05, 3.63) is 41.9 Å². The highest BCUT2D eigenvalue weighted by Gasteiger charge is 2.18. The SMILES string of the molecule is CC(C)c1noc(CS(=O)(=O)CCCc2nc3ccccc3o2)n1. The van der Waals surface area contributed by atoms with E-state index in [9.17, 15) is 8.42 Å². The maximum atomic E-state index is 12.2. The van der Waals surface area contributed by atoms with Crippen LogP contribution in [0.4, 0.5) is 0 Å². The Morgan fingerprint density at radius 3 is 2.62 bits per heavy atom. The van der Waals surface area contributed by atoms with Crippen LogP contribution >= 0.6 is 0 Å². The summed E-state index contributed by atoms with van der Waals surface area (Å²) in [5, 5.41) is 3.78. The summed E-state index contributed by atoms with van der Waals surface area (Å²) in [4.78, 5) is 8.44. The van der Waals surface area contributed by atoms with E-state index in [2.05, 4.69) is 15.1 Å². The fraction of sp³-hybridized carbons (Fsp3) is 0.438. The lowest BCUT2D eigenvalue weighted by Crippen LogP contribution is -2.10. The van der Waals surface area contributed by atoms with Gasteiger partial charge in [-0.05, 0) is 18.6 Å². The molecule has 0 unspecified atom stereocenters. The monoisotopic (exact) mass is 349 g/mol. The van der Waals surface area contributed by atoms with Crippen molar-refractivity contribution in [3.63, 3.8) is 0 Å². The largest absolute Gasteiger partial charge is 0.441 e. The van der Waals surface area contributed by atoms with Crippen molar-refractivity contribution in [1.82, 2.24) is 15.1 Å². The summed E-state index contributed by atoms with van der Waals surface area (Å²) in [6.45, 7) is 3.84. The van der Waals surface area contributed by atoms with Crippen LogP contribution in [0, 0.1) is 0 Å². The molecule has 7 nitrogen and oxygen atoms in total. The average molecular weight is 349 g/mol. The van der Waals surface area contributed by atoms with Gasteiger partial charge in [0.1, 0.15) is 11.3 Å². The smallest absolute Gasteiger partial charge is 0.241 e. The quantitative estimate of drug-likeness (QED) is 0.646. The third kappa shape index (κ3) is 4.00. The molecule has 0 atom stereocenters. The van der Waals surface area contributed by atoms with Gasteiger partial charge in [0.15, 0.2) is 27.1 Å². The highest BCUT2D eigenvalue weighted by atomic mass is 32.2. The number of aryl methyl sites for hydroxylation is 1. The van der Waals surface area contributed by atoms with E-state index in [-0.39, 0.29) is 23.3 Å². The van der Waals surface area contributed by atoms with Crippen LogP contribution in [0.25, 0.3) is 11.1 Å². The molecule has 128 valence electrons. The Kier molecular flexibility index (Phi) is 4.66. The second-order valence-electron chi connectivity index (χ2n) is 5.97. The summed E-state index contributed by atoms with van der Waals surface area (Å²) >= 11 is 0. The van der Waals surface area contributed by atoms with Crippen molar-refractivity contribution < 1.29 is 17.4 Å². The summed E-state index contributed by atoms with van der Waals surface area (Å²) in [6, 6.07) is 7.46. The van der Waals surface area contributed by atoms with E-state index in [4.69, 9.17) is 8.94 Å². The Balaban J connectivity index is 1.56. The molecule has 0 bridgehead atoms. The van der Waals surface area contributed by atoms with Crippen LogP contribution in [-0.2, 0) is 22.0 Å². The molecule has 2 heterocycles. The number of aromatic nitrogens is 3. The van der Waals surface area contributed by atoms with Gasteiger partial charge in [-0.25, -0.2) is 13.4 Å². The molecule has 0 fully saturated rings. The maximum absolute atomic E-state index is 12.2. The molecule has 0 spiro atoms. The molecule has 0 aliphatic carbocycles. The first-order chi connectivity index (χ1) is 11.4. The molecule has 8 heteroatoms. The summed E-state index contributed by atoms with van der Waals surface area (Å²) in [5.74, 6) is 1.09. The number of benzene rings is 1. The van der Waals surface area contributed by atoms with Crippen LogP contribution in [0.3, 0.4) is 0 Å². The van der Waals surface area contributed by atoms with Crippen LogP contribution in [0.2, 0.25) is 0 Å². The number of hydrogen-bond acceptors (Lipinski definition) is 7. The number of hydrogen-bond donors (Lipinski definition) is 0. The Hall–Kier alpha value is -2.22. The number of nitrogens with zero attached hydrogens (tertiary/aromatic N) is 3. The summed E-state index contributed by atoms with van der Waals surface area (Å²) in [5.41, 5.74) is 1.49. The summed E-state index contributed by atoms with van der Waals surface area (Å²) < 4.78 is 34.9. The lowest BCUT2D eigenvalue weighted by molar-refractivity contribution is 0.380. The molecule has 0 aliphatic heterocycles. The Bertz CT molecular complexity index is 895. The minimum absolute atomic E-state index is 0.0190. The van der Waals surface area contributed by atoms with Gasteiger partial charge in [0.2, 0.25) is 5.89 Å². The topological polar surface area (TPSA) is 99.1 Å². The number of para-hydroxylation sites is 2. The molecule has 0 saturated carbocycles. The van der Waals surface area contributed by atoms with Crippen LogP contribution in [-0.4, -0.2) is 29.3 Å². The van der Waals surface area contributed by atoms with E-state index >= 15 is 0 Å². The fourth-order valence-electron chi connectivity index (χ4n) is 2.29. The molecule has 0 saturated heterocycles. The number of sulfone groups is 1. The molecule has 0 amide bonds. The lowest BCUT2D eigenvalue weighted by Gasteiger charge is -2.00. The zero-order valence-electron chi connectivity index (χ0n) is 13.6. The minimum atomic E-state index is -3.31. The van der Waals surface area contributed by atoms with E-state index in [0.29, 0.717) is 30.1 Å². The van der Waals surface area contributed by atoms with Crippen LogP contribution < -0.4 is 0 Å². The molecule has 3 rings (SSSR count). The van der Waals surface area contributed by atoms with E-state index < -0.39 is 9.84 Å². The third-order valence-electron chi connectivity index (χ3n) is 3.53. The minimum Gasteiger partial charge on any atom is -0.441 e. The van der Waals surface area contributed by atoms with Gasteiger partial charge in [-0.15, -0.1) is 0 Å². The Morgan fingerprint density at radius 2 is 1.92 bits per heavy atom. The van der Waals surface area contributed by atoms with Crippen LogP contribution in [0.5, 0.6) is 0 Å². The first-order valence-electron chi connectivity index (χ1n) is 7.80. The van der Waals surface area contributed by atoms with Gasteiger partial charge in [0.05, 0.1) is 5.75 Å². The molecule has 3 aromatic rings. The van der Waals surface area contributed by atoms with Gasteiger partial charge in [0, 0.05) is 12.3 Å². The van der Waals surface area contributed by atoms with Crippen LogP contribution in [0.15, 0.2) is 33.2 Å². The predicted octanol–water partition coefficient (Wildman–Crippen LogP) is 2.88. The number of fused-ring (bicyclic) bond motifs is 1. The van der Waals surface area contributed by atoms with Crippen molar-refractivity contribution in [2.24, 2.45) is 0 Å². The molecule has 2 aromatic heterocycles. The van der Waals surface area contributed by atoms with Crippen molar-refractivity contribution in [1.29, 1.82) is 0 Å². The summed E-state index contributed by atoms with van der Waals surface area (Å²) in [7, 11) is -3.31. The van der Waals surface area contributed by atoms with Crippen molar-refractivity contribution in [3.8, 4) is 0 Å². The molecular weight excluding hydrogens is 330 g/mol. The molecule has 24 heavy (non-hydrogen) atoms. The zero-order valence-corrected chi connectivity index (χ0v) is 14.4. The second-order valence-corrected chi connectivity index (χ2v) is 8.16. The van der Waals surface area contributed by atoms with Crippen molar-refractivity contribution in [2.75, 3.05) is 5.75 Å². The van der Waals surface area contributed by atoms with Gasteiger partial charge in [0.25, 0.3) is 0 Å². The maximum Gasteiger partial charge on any atom is 0.241 e. The first kappa shape index (κ1) is 16.6. The lowest BCUT2D eigenvalue weighted by atomic mass is 10.2. The van der Waals surface area contributed by atoms with Gasteiger partial charge in [-0.3, -0.25) is 0 Å². The molecule has 0 N–H and O–H groups in total. The first-order valence-corrected chi connectivity index (χ1v) is 9.62. The average Bonchev–Trinajstić information content (AvgIpc) is 3.12. The predicted molar refractivity (Wildman–Crippen MR) is 88.2 cm³/mol. The third-order valence-corrected chi connectivity index (χ3v) is 5.13. The fourth-order valence-corrected chi connectivity index (χ4v) is 3.51. The van der Waals surface area contributed by atoms with E-state index in [0.717, 1.165) is 5.52 Å². The highest BCUT2D eigenvalue weighted by molar-refractivity contribution is 7.90. The summed E-state index contributed by atoms with van der Waals surface area (Å²) in [6.07, 6.45) is 0.898. The Morgan fingerprint density at radius 1 is 1.12 bits per heavy atom. The molecule has 0 aliphatic rings. The van der Waals surface area contributed by atoms with Crippen molar-refractivity contribution >= 4 is 20.9 Å². The normalized spacial score (nSPS) is 12.3. The van der Waals surface area contributed by atoms with Gasteiger partial charge in [-0.2, -0.15) is 4.98 Å². The highest BCUT2D eigenvalue weighted by Crippen LogP contribution is 2.17. The zero-order chi connectivity index (χ0) is 17.2. The van der Waals surface area contributed by atoms with E-state index in [1.165, 1.54) is 0 Å². The molecule has 1 aromatic carbocycles. The van der Waals surface area contributed by atoms with E-state index in [1.807, 2.05) is 38.1 Å². The second kappa shape index (κ2) is 6.72. The Labute approximate surface area is 140 Å².